The molecule has 20 nitrogen and oxygen atoms in total. The number of nitrogens with zero attached hydrogens (tertiary/aromatic N) is 1. The van der Waals surface area contributed by atoms with E-state index in [1.165, 1.54) is 14.0 Å². The molecule has 0 bridgehead atoms. The van der Waals surface area contributed by atoms with Gasteiger partial charge in [-0.05, 0) is 41.3 Å². The molecule has 0 aliphatic carbocycles. The molecule has 342 valence electrons. The average molecular weight is 885 g/mol. The van der Waals surface area contributed by atoms with Crippen molar-refractivity contribution in [1.82, 2.24) is 41.8 Å². The molecule has 0 fully saturated rings. The highest BCUT2D eigenvalue weighted by atomic mass is 16.4. The third-order valence-electron chi connectivity index (χ3n) is 10.5. The predicted molar refractivity (Wildman–Crippen MR) is 236 cm³/mol. The fourth-order valence-corrected chi connectivity index (χ4v) is 7.03. The maximum absolute atomic E-state index is 14.4. The second-order valence-corrected chi connectivity index (χ2v) is 15.2. The van der Waals surface area contributed by atoms with Crippen LogP contribution in [0.5, 0.6) is 0 Å². The number of amides is 8. The van der Waals surface area contributed by atoms with Crippen LogP contribution in [0.1, 0.15) is 50.7 Å². The zero-order valence-electron chi connectivity index (χ0n) is 35.9. The number of fused-ring (bicyclic) bond motifs is 2. The van der Waals surface area contributed by atoms with Gasteiger partial charge >= 0.3 is 5.97 Å². The van der Waals surface area contributed by atoms with E-state index >= 15 is 0 Å². The van der Waals surface area contributed by atoms with Crippen LogP contribution in [0.25, 0.3) is 21.7 Å². The summed E-state index contributed by atoms with van der Waals surface area (Å²) >= 11 is 0. The Hall–Kier alpha value is -7.35. The summed E-state index contributed by atoms with van der Waals surface area (Å²) in [6, 6.07) is 13.6. The first-order chi connectivity index (χ1) is 30.5. The summed E-state index contributed by atoms with van der Waals surface area (Å²) in [5, 5.41) is 26.9. The number of aromatic amines is 1. The first-order valence-electron chi connectivity index (χ1n) is 20.8. The van der Waals surface area contributed by atoms with Gasteiger partial charge < -0.3 is 58.4 Å². The summed E-state index contributed by atoms with van der Waals surface area (Å²) in [6.45, 7) is 1.79. The molecular formula is C44H56N10O10. The zero-order valence-corrected chi connectivity index (χ0v) is 35.9. The third-order valence-corrected chi connectivity index (χ3v) is 10.5. The summed E-state index contributed by atoms with van der Waals surface area (Å²) in [4.78, 5) is 121. The van der Waals surface area contributed by atoms with Crippen molar-refractivity contribution in [3.63, 3.8) is 0 Å². The molecule has 4 rings (SSSR count). The van der Waals surface area contributed by atoms with Crippen LogP contribution in [-0.4, -0.2) is 125 Å². The zero-order chi connectivity index (χ0) is 46.9. The van der Waals surface area contributed by atoms with Gasteiger partial charge in [-0.2, -0.15) is 0 Å². The Morgan fingerprint density at radius 1 is 0.703 bits per heavy atom. The number of primary amides is 1. The lowest BCUT2D eigenvalue weighted by Crippen LogP contribution is -2.59. The summed E-state index contributed by atoms with van der Waals surface area (Å²) in [7, 11) is 1.34. The number of H-pyrrole nitrogens is 1. The molecule has 5 atom stereocenters. The number of nitrogens with one attached hydrogen (secondary N) is 7. The second kappa shape index (κ2) is 23.8. The first kappa shape index (κ1) is 49.3. The van der Waals surface area contributed by atoms with Gasteiger partial charge in [0.2, 0.25) is 47.3 Å². The van der Waals surface area contributed by atoms with Gasteiger partial charge in [0.25, 0.3) is 0 Å². The molecule has 1 heterocycles. The molecule has 0 aliphatic heterocycles. The van der Waals surface area contributed by atoms with Gasteiger partial charge in [0.1, 0.15) is 30.2 Å². The number of carbonyl (C=O) groups is 9. The minimum atomic E-state index is -1.69. The van der Waals surface area contributed by atoms with E-state index in [4.69, 9.17) is 11.5 Å². The van der Waals surface area contributed by atoms with Crippen LogP contribution in [0.15, 0.2) is 72.9 Å². The molecule has 64 heavy (non-hydrogen) atoms. The van der Waals surface area contributed by atoms with Gasteiger partial charge in [0.05, 0.1) is 26.1 Å². The second-order valence-electron chi connectivity index (χ2n) is 15.2. The molecule has 0 spiro atoms. The van der Waals surface area contributed by atoms with Gasteiger partial charge in [-0.25, -0.2) is 0 Å². The minimum absolute atomic E-state index is 0.0217. The largest absolute Gasteiger partial charge is 0.481 e. The van der Waals surface area contributed by atoms with Crippen LogP contribution >= 0.6 is 0 Å². The van der Waals surface area contributed by atoms with Crippen molar-refractivity contribution in [2.45, 2.75) is 82.6 Å². The predicted octanol–water partition coefficient (Wildman–Crippen LogP) is -0.766. The van der Waals surface area contributed by atoms with Crippen molar-refractivity contribution < 1.29 is 48.3 Å². The number of unbranched alkanes of at least 4 members (excludes halogenated alkanes) is 1. The maximum atomic E-state index is 14.4. The molecule has 4 aromatic rings. The number of rotatable bonds is 24. The lowest BCUT2D eigenvalue weighted by Gasteiger charge is -2.32. The quantitative estimate of drug-likeness (QED) is 0.0417. The van der Waals surface area contributed by atoms with Crippen molar-refractivity contribution in [1.29, 1.82) is 0 Å². The number of hydrogen-bond donors (Lipinski definition) is 10. The number of carboxylic acid groups (broad SMARTS) is 1. The Morgan fingerprint density at radius 3 is 2.03 bits per heavy atom. The molecule has 8 amide bonds. The average Bonchev–Trinajstić information content (AvgIpc) is 3.68. The number of aliphatic carboxylic acids is 1. The molecule has 0 unspecified atom stereocenters. The molecule has 0 radical (unpaired) electrons. The fraction of sp³-hybridized carbons (Fsp3) is 0.386. The SMILES string of the molecule is CCCC[C@@H](C(=O)N[C@@H](CC(=O)O)C(=O)N[C@@H](Cc1cccc2ccccc12)C(N)=O)N(C)C(=O)[C@H](Cc1c[nH]c2ccccc12)NC(=O)CNC(=O)CNC(=O)[C@H](C)NC(=O)CN. The van der Waals surface area contributed by atoms with Crippen LogP contribution in [0, 0.1) is 0 Å². The molecule has 20 heteroatoms. The van der Waals surface area contributed by atoms with E-state index in [0.29, 0.717) is 24.0 Å². The van der Waals surface area contributed by atoms with Gasteiger partial charge in [0, 0.05) is 37.0 Å². The highest BCUT2D eigenvalue weighted by Crippen LogP contribution is 2.22. The number of likely N-dealkylation sites (N-methyl/N-ethyl adjacent to an activating group) is 1. The summed E-state index contributed by atoms with van der Waals surface area (Å²) in [5.41, 5.74) is 13.0. The number of benzene rings is 3. The normalized spacial score (nSPS) is 13.3. The van der Waals surface area contributed by atoms with Crippen molar-refractivity contribution in [2.75, 3.05) is 26.7 Å². The topological polar surface area (TPSA) is 317 Å². The van der Waals surface area contributed by atoms with E-state index in [0.717, 1.165) is 26.6 Å². The van der Waals surface area contributed by atoms with Crippen LogP contribution in [0.2, 0.25) is 0 Å². The smallest absolute Gasteiger partial charge is 0.305 e. The first-order valence-corrected chi connectivity index (χ1v) is 20.8. The van der Waals surface area contributed by atoms with Crippen LogP contribution in [0.3, 0.4) is 0 Å². The van der Waals surface area contributed by atoms with Crippen LogP contribution in [0.4, 0.5) is 0 Å². The Bertz CT molecular complexity index is 2340. The van der Waals surface area contributed by atoms with Gasteiger partial charge in [-0.15, -0.1) is 0 Å². The Morgan fingerprint density at radius 2 is 1.34 bits per heavy atom. The molecule has 12 N–H and O–H groups in total. The van der Waals surface area contributed by atoms with E-state index in [1.807, 2.05) is 55.5 Å². The van der Waals surface area contributed by atoms with E-state index < -0.39 is 103 Å². The number of hydrogen-bond acceptors (Lipinski definition) is 10. The van der Waals surface area contributed by atoms with Gasteiger partial charge in [-0.3, -0.25) is 43.2 Å². The summed E-state index contributed by atoms with van der Waals surface area (Å²) in [5.74, 6) is -7.65. The number of nitrogens with two attached hydrogens (primary N) is 2. The number of aromatic nitrogens is 1. The summed E-state index contributed by atoms with van der Waals surface area (Å²) < 4.78 is 0. The third kappa shape index (κ3) is 14.1. The van der Waals surface area contributed by atoms with Crippen LogP contribution < -0.4 is 43.4 Å². The number of para-hydroxylation sites is 1. The van der Waals surface area contributed by atoms with Crippen molar-refractivity contribution in [2.24, 2.45) is 11.5 Å². The lowest BCUT2D eigenvalue weighted by atomic mass is 9.98. The highest BCUT2D eigenvalue weighted by Gasteiger charge is 2.35. The molecular weight excluding hydrogens is 829 g/mol. The molecule has 0 aliphatic rings. The van der Waals surface area contributed by atoms with E-state index in [2.05, 4.69) is 36.9 Å². The van der Waals surface area contributed by atoms with Crippen molar-refractivity contribution >= 4 is 74.9 Å². The Balaban J connectivity index is 1.51. The Labute approximate surface area is 369 Å². The molecule has 1 aromatic heterocycles. The standard InChI is InChI=1S/C44H56N10O10/c1-4-5-17-35(43(63)53-33(20-39(58)59)42(62)52-32(40(46)60)18-27-13-10-12-26-11-6-7-14-29(26)27)54(3)44(64)34(19-28-22-47-31-16-9-8-15-30(28)31)51-38(57)24-48-37(56)23-49-41(61)25(2)50-36(55)21-45/h6-16,22,25,32-35,47H,4-5,17-21,23-24,45H2,1-3H3,(H2,46,60)(H,48,56)(H,49,61)(H,50,55)(H,51,57)(H,52,62)(H,53,63)(H,58,59)/t25-,32-,33-,34-,35-/m0/s1. The Kier molecular flexibility index (Phi) is 18.3. The number of carbonyl (C=O) groups excluding carboxylic acids is 8. The molecule has 3 aromatic carbocycles. The van der Waals surface area contributed by atoms with Crippen molar-refractivity contribution in [3.05, 3.63) is 84.1 Å². The minimum Gasteiger partial charge on any atom is -0.481 e. The summed E-state index contributed by atoms with van der Waals surface area (Å²) in [6.07, 6.45) is 1.83. The fourth-order valence-electron chi connectivity index (χ4n) is 7.03. The monoisotopic (exact) mass is 884 g/mol. The van der Waals surface area contributed by atoms with E-state index in [9.17, 15) is 48.3 Å². The van der Waals surface area contributed by atoms with Gasteiger partial charge in [0.15, 0.2) is 0 Å². The maximum Gasteiger partial charge on any atom is 0.305 e. The number of carboxylic acids is 1. The molecule has 0 saturated heterocycles. The van der Waals surface area contributed by atoms with Gasteiger partial charge in [-0.1, -0.05) is 80.4 Å². The van der Waals surface area contributed by atoms with Crippen molar-refractivity contribution in [3.8, 4) is 0 Å². The van der Waals surface area contributed by atoms with Crippen LogP contribution in [-0.2, 0) is 56.0 Å². The lowest BCUT2D eigenvalue weighted by molar-refractivity contribution is -0.144. The van der Waals surface area contributed by atoms with E-state index in [1.54, 1.807) is 24.4 Å². The van der Waals surface area contributed by atoms with E-state index in [-0.39, 0.29) is 25.8 Å². The molecule has 0 saturated carbocycles. The highest BCUT2D eigenvalue weighted by molar-refractivity contribution is 5.98.